The van der Waals surface area contributed by atoms with E-state index in [0.29, 0.717) is 5.56 Å². The molecular weight excluding hydrogens is 536 g/mol. The largest absolute Gasteiger partial charge is 0.454 e. The smallest absolute Gasteiger partial charge is 0.340 e. The van der Waals surface area contributed by atoms with Crippen LogP contribution in [0.2, 0.25) is 20.1 Å². The highest BCUT2D eigenvalue weighted by atomic mass is 35.5. The Bertz CT molecular complexity index is 1400. The van der Waals surface area contributed by atoms with E-state index >= 15 is 0 Å². The third kappa shape index (κ3) is 4.32. The van der Waals surface area contributed by atoms with Gasteiger partial charge in [-0.15, -0.1) is 0 Å². The minimum absolute atomic E-state index is 0.0673. The van der Waals surface area contributed by atoms with Gasteiger partial charge in [0, 0.05) is 5.56 Å². The number of Topliss-reactive ketones (excluding diaryl/α,β-unsaturated/α-hetero) is 1. The number of nitrogens with zero attached hydrogens (tertiary/aromatic N) is 1. The summed E-state index contributed by atoms with van der Waals surface area (Å²) in [4.78, 5) is 52.7. The van der Waals surface area contributed by atoms with Gasteiger partial charge in [0.05, 0.1) is 42.5 Å². The second kappa shape index (κ2) is 9.63. The van der Waals surface area contributed by atoms with Crippen LogP contribution in [0, 0.1) is 13.8 Å². The van der Waals surface area contributed by atoms with Gasteiger partial charge < -0.3 is 4.74 Å². The van der Waals surface area contributed by atoms with E-state index in [4.69, 9.17) is 51.1 Å². The van der Waals surface area contributed by atoms with Crippen molar-refractivity contribution in [2.45, 2.75) is 13.8 Å². The van der Waals surface area contributed by atoms with Crippen molar-refractivity contribution in [1.82, 2.24) is 0 Å². The lowest BCUT2D eigenvalue weighted by molar-refractivity contribution is 0.0475. The van der Waals surface area contributed by atoms with Gasteiger partial charge in [0.2, 0.25) is 5.78 Å². The monoisotopic (exact) mass is 549 g/mol. The fourth-order valence-corrected chi connectivity index (χ4v) is 4.75. The van der Waals surface area contributed by atoms with Crippen LogP contribution in [0.15, 0.2) is 42.5 Å². The van der Waals surface area contributed by atoms with E-state index in [-0.39, 0.29) is 48.3 Å². The molecule has 3 aromatic rings. The maximum atomic E-state index is 13.2. The molecule has 3 aromatic carbocycles. The summed E-state index contributed by atoms with van der Waals surface area (Å²) in [5.41, 5.74) is 1.45. The lowest BCUT2D eigenvalue weighted by atomic mass is 10.0. The third-order valence-corrected chi connectivity index (χ3v) is 7.30. The molecular formula is C25H15Cl4NO5. The molecule has 1 heterocycles. The number of para-hydroxylation sites is 1. The molecule has 0 atom stereocenters. The van der Waals surface area contributed by atoms with E-state index in [1.165, 1.54) is 24.3 Å². The van der Waals surface area contributed by atoms with E-state index in [2.05, 4.69) is 0 Å². The molecule has 35 heavy (non-hydrogen) atoms. The van der Waals surface area contributed by atoms with Gasteiger partial charge in [0.15, 0.2) is 6.61 Å². The number of halogens is 4. The molecule has 0 spiro atoms. The van der Waals surface area contributed by atoms with Crippen molar-refractivity contribution in [2.75, 3.05) is 11.5 Å². The molecule has 0 radical (unpaired) electrons. The molecule has 0 unspecified atom stereocenters. The molecule has 10 heteroatoms. The maximum Gasteiger partial charge on any atom is 0.340 e. The number of rotatable bonds is 5. The first-order valence-corrected chi connectivity index (χ1v) is 11.7. The Morgan fingerprint density at radius 1 is 0.800 bits per heavy atom. The van der Waals surface area contributed by atoms with Crippen LogP contribution >= 0.6 is 46.4 Å². The van der Waals surface area contributed by atoms with Gasteiger partial charge in [-0.1, -0.05) is 76.2 Å². The Labute approximate surface area is 220 Å². The van der Waals surface area contributed by atoms with Crippen LogP contribution < -0.4 is 4.90 Å². The highest BCUT2D eigenvalue weighted by Gasteiger charge is 2.43. The lowest BCUT2D eigenvalue weighted by Crippen LogP contribution is -2.31. The fraction of sp³-hybridized carbons (Fsp3) is 0.120. The number of amides is 2. The Morgan fingerprint density at radius 2 is 1.37 bits per heavy atom. The Morgan fingerprint density at radius 3 is 1.97 bits per heavy atom. The van der Waals surface area contributed by atoms with Crippen LogP contribution in [0.5, 0.6) is 0 Å². The van der Waals surface area contributed by atoms with Crippen molar-refractivity contribution < 1.29 is 23.9 Å². The van der Waals surface area contributed by atoms with Crippen molar-refractivity contribution in [1.29, 1.82) is 0 Å². The number of anilines is 1. The zero-order chi connectivity index (χ0) is 25.6. The molecule has 0 fully saturated rings. The average Bonchev–Trinajstić information content (AvgIpc) is 3.10. The number of ketones is 1. The zero-order valence-corrected chi connectivity index (χ0v) is 21.3. The Kier molecular flexibility index (Phi) is 6.93. The number of carbonyl (C=O) groups excluding carboxylic acids is 4. The minimum Gasteiger partial charge on any atom is -0.454 e. The number of fused-ring (bicyclic) bond motifs is 1. The summed E-state index contributed by atoms with van der Waals surface area (Å²) >= 11 is 24.5. The van der Waals surface area contributed by atoms with Crippen LogP contribution in [-0.2, 0) is 4.74 Å². The number of imide groups is 1. The third-order valence-electron chi connectivity index (χ3n) is 5.49. The normalized spacial score (nSPS) is 12.7. The van der Waals surface area contributed by atoms with Crippen molar-refractivity contribution in [3.8, 4) is 0 Å². The van der Waals surface area contributed by atoms with Gasteiger partial charge in [-0.25, -0.2) is 9.69 Å². The SMILES string of the molecule is Cc1ccc(C)c(C(=O)COC(=O)c2ccccc2N2C(=O)c3c(Cl)c(Cl)c(Cl)c(Cl)c3C2=O)c1. The quantitative estimate of drug-likeness (QED) is 0.115. The van der Waals surface area contributed by atoms with E-state index in [1.807, 2.05) is 13.0 Å². The predicted octanol–water partition coefficient (Wildman–Crippen LogP) is 6.76. The predicted molar refractivity (Wildman–Crippen MR) is 135 cm³/mol. The topological polar surface area (TPSA) is 80.8 Å². The lowest BCUT2D eigenvalue weighted by Gasteiger charge is -2.17. The molecule has 1 aliphatic heterocycles. The van der Waals surface area contributed by atoms with Gasteiger partial charge >= 0.3 is 5.97 Å². The first kappa shape index (κ1) is 25.2. The number of hydrogen-bond donors (Lipinski definition) is 0. The summed E-state index contributed by atoms with van der Waals surface area (Å²) in [6.45, 7) is 3.10. The first-order chi connectivity index (χ1) is 16.5. The number of carbonyl (C=O) groups is 4. The molecule has 2 amide bonds. The van der Waals surface area contributed by atoms with E-state index < -0.39 is 24.4 Å². The van der Waals surface area contributed by atoms with Crippen molar-refractivity contribution in [2.24, 2.45) is 0 Å². The summed E-state index contributed by atoms with van der Waals surface area (Å²) in [6, 6.07) is 11.2. The molecule has 0 bridgehead atoms. The van der Waals surface area contributed by atoms with Crippen molar-refractivity contribution in [3.63, 3.8) is 0 Å². The standard InChI is InChI=1S/C25H15Cl4NO5/c1-11-7-8-12(2)14(9-11)16(31)10-35-25(34)13-5-3-4-6-15(13)30-23(32)17-18(24(30)33)20(27)22(29)21(28)19(17)26/h3-9H,10H2,1-2H3. The molecule has 0 saturated heterocycles. The summed E-state index contributed by atoms with van der Waals surface area (Å²) in [5.74, 6) is -2.95. The van der Waals surface area contributed by atoms with Gasteiger partial charge in [0.1, 0.15) is 0 Å². The molecule has 6 nitrogen and oxygen atoms in total. The summed E-state index contributed by atoms with van der Waals surface area (Å²) < 4.78 is 5.24. The fourth-order valence-electron chi connectivity index (χ4n) is 3.73. The van der Waals surface area contributed by atoms with Crippen LogP contribution in [0.1, 0.15) is 52.6 Å². The molecule has 0 saturated carbocycles. The van der Waals surface area contributed by atoms with E-state index in [9.17, 15) is 19.2 Å². The molecule has 4 rings (SSSR count). The highest BCUT2D eigenvalue weighted by molar-refractivity contribution is 6.56. The van der Waals surface area contributed by atoms with Crippen LogP contribution in [0.25, 0.3) is 0 Å². The van der Waals surface area contributed by atoms with Gasteiger partial charge in [-0.3, -0.25) is 14.4 Å². The Hall–Kier alpha value is -2.90. The average molecular weight is 551 g/mol. The summed E-state index contributed by atoms with van der Waals surface area (Å²) in [6.07, 6.45) is 0. The Balaban J connectivity index is 1.65. The second-order valence-corrected chi connectivity index (χ2v) is 9.30. The van der Waals surface area contributed by atoms with Crippen LogP contribution in [0.3, 0.4) is 0 Å². The maximum absolute atomic E-state index is 13.2. The summed E-state index contributed by atoms with van der Waals surface area (Å²) in [5, 5.41) is -0.789. The van der Waals surface area contributed by atoms with Gasteiger partial charge in [-0.05, 0) is 37.6 Å². The number of ether oxygens (including phenoxy) is 1. The zero-order valence-electron chi connectivity index (χ0n) is 18.2. The van der Waals surface area contributed by atoms with E-state index in [0.717, 1.165) is 16.0 Å². The van der Waals surface area contributed by atoms with Crippen LogP contribution in [-0.4, -0.2) is 30.2 Å². The number of esters is 1. The molecule has 1 aliphatic rings. The molecule has 178 valence electrons. The number of benzene rings is 3. The van der Waals surface area contributed by atoms with Crippen molar-refractivity contribution in [3.05, 3.63) is 95.9 Å². The van der Waals surface area contributed by atoms with Crippen molar-refractivity contribution >= 4 is 75.7 Å². The van der Waals surface area contributed by atoms with E-state index in [1.54, 1.807) is 19.1 Å². The highest BCUT2D eigenvalue weighted by Crippen LogP contribution is 2.46. The van der Waals surface area contributed by atoms with Gasteiger partial charge in [-0.2, -0.15) is 0 Å². The molecule has 0 aromatic heterocycles. The number of aryl methyl sites for hydroxylation is 2. The first-order valence-electron chi connectivity index (χ1n) is 10.2. The minimum atomic E-state index is -0.899. The van der Waals surface area contributed by atoms with Crippen LogP contribution in [0.4, 0.5) is 5.69 Å². The molecule has 0 N–H and O–H groups in total. The van der Waals surface area contributed by atoms with Gasteiger partial charge in [0.25, 0.3) is 11.8 Å². The number of hydrogen-bond acceptors (Lipinski definition) is 5. The molecule has 0 aliphatic carbocycles. The summed E-state index contributed by atoms with van der Waals surface area (Å²) in [7, 11) is 0. The second-order valence-electron chi connectivity index (χ2n) is 7.79.